The van der Waals surface area contributed by atoms with Gasteiger partial charge in [-0.25, -0.2) is 0 Å². The lowest BCUT2D eigenvalue weighted by Gasteiger charge is -2.29. The smallest absolute Gasteiger partial charge is 0.258 e. The number of guanidine groups is 1. The van der Waals surface area contributed by atoms with Gasteiger partial charge in [0.05, 0.1) is 34.5 Å². The first kappa shape index (κ1) is 25.6. The van der Waals surface area contributed by atoms with Crippen LogP contribution in [0.3, 0.4) is 0 Å². The van der Waals surface area contributed by atoms with Gasteiger partial charge >= 0.3 is 0 Å². The van der Waals surface area contributed by atoms with E-state index in [1.54, 1.807) is 0 Å². The molecule has 3 aromatic rings. The van der Waals surface area contributed by atoms with Crippen LogP contribution in [0.4, 0.5) is 22.7 Å². The number of carbonyl (C=O) groups excluding carboxylic acids is 1. The first-order chi connectivity index (χ1) is 18.0. The molecular weight excluding hydrogens is 474 g/mol. The number of anilines is 4. The van der Waals surface area contributed by atoms with Crippen LogP contribution in [0.1, 0.15) is 10.4 Å². The fourth-order valence-corrected chi connectivity index (χ4v) is 3.99. The summed E-state index contributed by atoms with van der Waals surface area (Å²) in [7, 11) is 4.44. The van der Waals surface area contributed by atoms with E-state index < -0.39 is 5.91 Å². The molecule has 10 nitrogen and oxygen atoms in total. The number of hydrogen-bond acceptors (Lipinski definition) is 8. The van der Waals surface area contributed by atoms with E-state index >= 15 is 0 Å². The zero-order valence-electron chi connectivity index (χ0n) is 21.1. The summed E-state index contributed by atoms with van der Waals surface area (Å²) in [6.45, 7) is 3.28. The van der Waals surface area contributed by atoms with Crippen LogP contribution >= 0.6 is 0 Å². The molecule has 4 N–H and O–H groups in total. The number of amides is 1. The zero-order valence-corrected chi connectivity index (χ0v) is 21.1. The number of rotatable bonds is 8. The average molecular weight is 506 g/mol. The van der Waals surface area contributed by atoms with Crippen molar-refractivity contribution < 1.29 is 23.7 Å². The SMILES string of the molecule is COc1cc(C(=O)NC(=N)Nc2cccc(Nc3ccc(N4CCOCC4)cc3)c2)cc(OC)c1OC. The van der Waals surface area contributed by atoms with Crippen molar-refractivity contribution in [2.24, 2.45) is 0 Å². The van der Waals surface area contributed by atoms with Crippen LogP contribution in [0.25, 0.3) is 0 Å². The van der Waals surface area contributed by atoms with Crippen molar-refractivity contribution in [2.45, 2.75) is 0 Å². The van der Waals surface area contributed by atoms with Crippen LogP contribution in [0.15, 0.2) is 60.7 Å². The summed E-state index contributed by atoms with van der Waals surface area (Å²) < 4.78 is 21.3. The third-order valence-electron chi connectivity index (χ3n) is 5.83. The predicted octanol–water partition coefficient (Wildman–Crippen LogP) is 4.07. The molecule has 1 amide bonds. The van der Waals surface area contributed by atoms with Crippen molar-refractivity contribution in [3.8, 4) is 17.2 Å². The first-order valence-corrected chi connectivity index (χ1v) is 11.8. The summed E-state index contributed by atoms with van der Waals surface area (Å²) in [5.41, 5.74) is 3.86. The Morgan fingerprint density at radius 1 is 0.865 bits per heavy atom. The zero-order chi connectivity index (χ0) is 26.2. The van der Waals surface area contributed by atoms with Gasteiger partial charge in [0.25, 0.3) is 5.91 Å². The lowest BCUT2D eigenvalue weighted by Crippen LogP contribution is -2.36. The molecule has 3 aromatic carbocycles. The Hall–Kier alpha value is -4.44. The van der Waals surface area contributed by atoms with Gasteiger partial charge in [-0.15, -0.1) is 0 Å². The largest absolute Gasteiger partial charge is 0.493 e. The van der Waals surface area contributed by atoms with Gasteiger partial charge < -0.3 is 34.5 Å². The standard InChI is InChI=1S/C27H31N5O5/c1-34-23-15-18(16-24(35-2)25(23)36-3)26(33)31-27(28)30-21-6-4-5-20(17-21)29-19-7-9-22(10-8-19)32-11-13-37-14-12-32/h4-10,15-17,29H,11-14H2,1-3H3,(H3,28,30,31,33). The minimum Gasteiger partial charge on any atom is -0.493 e. The van der Waals surface area contributed by atoms with Gasteiger partial charge in [-0.3, -0.25) is 15.5 Å². The Labute approximate surface area is 216 Å². The maximum Gasteiger partial charge on any atom is 0.258 e. The molecule has 1 saturated heterocycles. The molecule has 0 aromatic heterocycles. The van der Waals surface area contributed by atoms with Gasteiger partial charge in [0.1, 0.15) is 0 Å². The van der Waals surface area contributed by atoms with Gasteiger partial charge in [-0.2, -0.15) is 0 Å². The van der Waals surface area contributed by atoms with E-state index in [9.17, 15) is 4.79 Å². The molecule has 0 atom stereocenters. The maximum atomic E-state index is 12.8. The summed E-state index contributed by atoms with van der Waals surface area (Å²) in [6.07, 6.45) is 0. The number of morpholine rings is 1. The Balaban J connectivity index is 1.37. The minimum atomic E-state index is -0.494. The molecule has 194 valence electrons. The highest BCUT2D eigenvalue weighted by Gasteiger charge is 2.18. The van der Waals surface area contributed by atoms with Gasteiger partial charge in [0.15, 0.2) is 17.5 Å². The van der Waals surface area contributed by atoms with E-state index in [0.29, 0.717) is 22.9 Å². The number of ether oxygens (including phenoxy) is 4. The van der Waals surface area contributed by atoms with Crippen LogP contribution in [0.5, 0.6) is 17.2 Å². The molecule has 0 bridgehead atoms. The average Bonchev–Trinajstić information content (AvgIpc) is 2.93. The summed E-state index contributed by atoms with van der Waals surface area (Å²) in [4.78, 5) is 15.1. The molecule has 1 aliphatic rings. The quantitative estimate of drug-likeness (QED) is 0.267. The number of carbonyl (C=O) groups is 1. The van der Waals surface area contributed by atoms with E-state index in [1.165, 1.54) is 39.1 Å². The summed E-state index contributed by atoms with van der Waals surface area (Å²) in [5, 5.41) is 17.0. The highest BCUT2D eigenvalue weighted by atomic mass is 16.5. The van der Waals surface area contributed by atoms with Crippen molar-refractivity contribution in [1.29, 1.82) is 5.41 Å². The van der Waals surface area contributed by atoms with Crippen molar-refractivity contribution >= 4 is 34.6 Å². The lowest BCUT2D eigenvalue weighted by atomic mass is 10.1. The van der Waals surface area contributed by atoms with Crippen molar-refractivity contribution in [1.82, 2.24) is 5.32 Å². The van der Waals surface area contributed by atoms with E-state index in [-0.39, 0.29) is 11.5 Å². The second-order valence-electron chi connectivity index (χ2n) is 8.22. The fourth-order valence-electron chi connectivity index (χ4n) is 3.99. The summed E-state index contributed by atoms with van der Waals surface area (Å²) in [6, 6.07) is 18.8. The number of methoxy groups -OCH3 is 3. The Morgan fingerprint density at radius 2 is 1.51 bits per heavy atom. The molecule has 1 heterocycles. The lowest BCUT2D eigenvalue weighted by molar-refractivity contribution is 0.0976. The number of benzene rings is 3. The normalized spacial score (nSPS) is 12.9. The van der Waals surface area contributed by atoms with E-state index in [4.69, 9.17) is 24.4 Å². The monoisotopic (exact) mass is 505 g/mol. The molecule has 37 heavy (non-hydrogen) atoms. The topological polar surface area (TPSA) is 117 Å². The molecule has 0 aliphatic carbocycles. The van der Waals surface area contributed by atoms with Crippen LogP contribution in [0.2, 0.25) is 0 Å². The number of nitrogens with one attached hydrogen (secondary N) is 4. The molecule has 0 saturated carbocycles. The van der Waals surface area contributed by atoms with Crippen molar-refractivity contribution in [2.75, 3.05) is 63.2 Å². The Kier molecular flexibility index (Phi) is 8.32. The third-order valence-corrected chi connectivity index (χ3v) is 5.83. The number of hydrogen-bond donors (Lipinski definition) is 4. The van der Waals surface area contributed by atoms with Gasteiger partial charge in [-0.1, -0.05) is 6.07 Å². The molecule has 1 fully saturated rings. The van der Waals surface area contributed by atoms with Gasteiger partial charge in [0.2, 0.25) is 5.75 Å². The Morgan fingerprint density at radius 3 is 2.14 bits per heavy atom. The van der Waals surface area contributed by atoms with E-state index in [2.05, 4.69) is 33.0 Å². The van der Waals surface area contributed by atoms with Crippen LogP contribution in [-0.4, -0.2) is 59.5 Å². The summed E-state index contributed by atoms with van der Waals surface area (Å²) in [5.74, 6) is 0.415. The highest BCUT2D eigenvalue weighted by Crippen LogP contribution is 2.38. The molecule has 0 spiro atoms. The van der Waals surface area contributed by atoms with Crippen LogP contribution in [0, 0.1) is 5.41 Å². The van der Waals surface area contributed by atoms with Gasteiger partial charge in [0, 0.05) is 41.4 Å². The first-order valence-electron chi connectivity index (χ1n) is 11.8. The molecule has 4 rings (SSSR count). The Bertz CT molecular complexity index is 1220. The van der Waals surface area contributed by atoms with Crippen molar-refractivity contribution in [3.63, 3.8) is 0 Å². The number of nitrogens with zero attached hydrogens (tertiary/aromatic N) is 1. The van der Waals surface area contributed by atoms with Crippen LogP contribution < -0.4 is 35.1 Å². The second-order valence-corrected chi connectivity index (χ2v) is 8.22. The minimum absolute atomic E-state index is 0.175. The molecule has 0 unspecified atom stereocenters. The predicted molar refractivity (Wildman–Crippen MR) is 144 cm³/mol. The molecule has 1 aliphatic heterocycles. The molecule has 0 radical (unpaired) electrons. The van der Waals surface area contributed by atoms with E-state index in [0.717, 1.165) is 37.7 Å². The third kappa shape index (κ3) is 6.42. The van der Waals surface area contributed by atoms with Crippen LogP contribution in [-0.2, 0) is 4.74 Å². The van der Waals surface area contributed by atoms with E-state index in [1.807, 2.05) is 36.4 Å². The summed E-state index contributed by atoms with van der Waals surface area (Å²) >= 11 is 0. The maximum absolute atomic E-state index is 12.8. The molecular formula is C27H31N5O5. The van der Waals surface area contributed by atoms with Crippen molar-refractivity contribution in [3.05, 3.63) is 66.2 Å². The fraction of sp³-hybridized carbons (Fsp3) is 0.259. The van der Waals surface area contributed by atoms with Gasteiger partial charge in [-0.05, 0) is 54.6 Å². The highest BCUT2D eigenvalue weighted by molar-refractivity contribution is 6.09. The second kappa shape index (κ2) is 12.0. The molecule has 10 heteroatoms.